The third kappa shape index (κ3) is 2.56. The van der Waals surface area contributed by atoms with Crippen LogP contribution in [0.3, 0.4) is 0 Å². The second kappa shape index (κ2) is 4.35. The molecule has 2 amide bonds. The summed E-state index contributed by atoms with van der Waals surface area (Å²) in [6.45, 7) is 1.20. The van der Waals surface area contributed by atoms with Gasteiger partial charge in [0.25, 0.3) is 5.82 Å². The molecule has 1 spiro atoms. The van der Waals surface area contributed by atoms with Gasteiger partial charge in [-0.1, -0.05) is 5.16 Å². The Balaban J connectivity index is 1.52. The van der Waals surface area contributed by atoms with Crippen LogP contribution in [0.2, 0.25) is 0 Å². The molecule has 20 heavy (non-hydrogen) atoms. The van der Waals surface area contributed by atoms with E-state index in [-0.39, 0.29) is 18.5 Å². The fourth-order valence-electron chi connectivity index (χ4n) is 2.40. The molecule has 0 aromatic carbocycles. The van der Waals surface area contributed by atoms with Crippen molar-refractivity contribution in [3.05, 3.63) is 11.7 Å². The van der Waals surface area contributed by atoms with Crippen LogP contribution < -0.4 is 5.32 Å². The van der Waals surface area contributed by atoms with Gasteiger partial charge in [-0.05, 0) is 24.7 Å². The largest absolute Gasteiger partial charge is 0.455 e. The Hall–Kier alpha value is -1.80. The lowest BCUT2D eigenvalue weighted by molar-refractivity contribution is -0.146. The minimum atomic E-state index is -4.64. The highest BCUT2D eigenvalue weighted by Crippen LogP contribution is 2.52. The van der Waals surface area contributed by atoms with Crippen molar-refractivity contribution in [2.24, 2.45) is 5.41 Å². The summed E-state index contributed by atoms with van der Waals surface area (Å²) in [6.07, 6.45) is -1.34. The molecule has 0 radical (unpaired) electrons. The molecule has 1 aliphatic carbocycles. The quantitative estimate of drug-likeness (QED) is 0.901. The maximum atomic E-state index is 12.3. The van der Waals surface area contributed by atoms with Crippen molar-refractivity contribution in [2.45, 2.75) is 32.0 Å². The monoisotopic (exact) mass is 290 g/mol. The van der Waals surface area contributed by atoms with Gasteiger partial charge in [0.15, 0.2) is 0 Å². The van der Waals surface area contributed by atoms with Gasteiger partial charge in [-0.25, -0.2) is 4.79 Å². The van der Waals surface area contributed by atoms with E-state index in [0.29, 0.717) is 12.0 Å². The zero-order valence-electron chi connectivity index (χ0n) is 10.5. The lowest BCUT2D eigenvalue weighted by Crippen LogP contribution is -2.38. The second-order valence-electron chi connectivity index (χ2n) is 5.34. The summed E-state index contributed by atoms with van der Waals surface area (Å²) >= 11 is 0. The first-order chi connectivity index (χ1) is 9.38. The summed E-state index contributed by atoms with van der Waals surface area (Å²) in [7, 11) is 0. The molecule has 2 aliphatic rings. The van der Waals surface area contributed by atoms with Crippen LogP contribution in [-0.2, 0) is 12.7 Å². The first-order valence-electron chi connectivity index (χ1n) is 6.31. The minimum absolute atomic E-state index is 0.203. The van der Waals surface area contributed by atoms with E-state index in [1.165, 1.54) is 0 Å². The van der Waals surface area contributed by atoms with Crippen LogP contribution >= 0.6 is 0 Å². The molecule has 3 rings (SSSR count). The number of nitrogens with zero attached hydrogens (tertiary/aromatic N) is 3. The molecule has 6 nitrogen and oxygen atoms in total. The van der Waals surface area contributed by atoms with Gasteiger partial charge in [0, 0.05) is 13.1 Å². The van der Waals surface area contributed by atoms with Crippen LogP contribution in [0.4, 0.5) is 18.0 Å². The van der Waals surface area contributed by atoms with Crippen LogP contribution in [0, 0.1) is 5.41 Å². The van der Waals surface area contributed by atoms with E-state index < -0.39 is 12.0 Å². The first-order valence-corrected chi connectivity index (χ1v) is 6.31. The predicted octanol–water partition coefficient (Wildman–Crippen LogP) is 1.78. The lowest BCUT2D eigenvalue weighted by Gasteiger charge is -2.16. The van der Waals surface area contributed by atoms with Gasteiger partial charge in [-0.2, -0.15) is 18.2 Å². The summed E-state index contributed by atoms with van der Waals surface area (Å²) in [5, 5.41) is 5.31. The van der Waals surface area contributed by atoms with E-state index >= 15 is 0 Å². The third-order valence-electron chi connectivity index (χ3n) is 3.80. The van der Waals surface area contributed by atoms with Crippen molar-refractivity contribution >= 4 is 6.03 Å². The van der Waals surface area contributed by atoms with Crippen molar-refractivity contribution < 1.29 is 22.5 Å². The van der Waals surface area contributed by atoms with Crippen molar-refractivity contribution in [3.8, 4) is 0 Å². The van der Waals surface area contributed by atoms with Crippen molar-refractivity contribution in [3.63, 3.8) is 0 Å². The van der Waals surface area contributed by atoms with Crippen molar-refractivity contribution in [1.29, 1.82) is 0 Å². The Labute approximate surface area is 112 Å². The first kappa shape index (κ1) is 13.2. The summed E-state index contributed by atoms with van der Waals surface area (Å²) < 4.78 is 41.2. The van der Waals surface area contributed by atoms with E-state index in [9.17, 15) is 18.0 Å². The predicted molar refractivity (Wildman–Crippen MR) is 59.4 cm³/mol. The number of amides is 2. The number of hydrogen-bond donors (Lipinski definition) is 1. The molecule has 1 aromatic heterocycles. The molecule has 9 heteroatoms. The molecule has 1 N–H and O–H groups in total. The number of halogens is 3. The van der Waals surface area contributed by atoms with Crippen LogP contribution in [0.1, 0.15) is 31.0 Å². The van der Waals surface area contributed by atoms with Crippen molar-refractivity contribution in [2.75, 3.05) is 13.1 Å². The molecule has 0 atom stereocenters. The number of alkyl halides is 3. The molecule has 1 aliphatic heterocycles. The van der Waals surface area contributed by atoms with Gasteiger partial charge >= 0.3 is 12.2 Å². The summed E-state index contributed by atoms with van der Waals surface area (Å²) in [4.78, 5) is 16.7. The molecular weight excluding hydrogens is 277 g/mol. The number of carbonyl (C=O) groups excluding carboxylic acids is 1. The summed E-state index contributed by atoms with van der Waals surface area (Å²) in [5.74, 6) is -1.59. The summed E-state index contributed by atoms with van der Waals surface area (Å²) in [5.41, 5.74) is 0.311. The molecule has 110 valence electrons. The van der Waals surface area contributed by atoms with Gasteiger partial charge in [-0.15, -0.1) is 0 Å². The van der Waals surface area contributed by atoms with Gasteiger partial charge in [0.2, 0.25) is 5.89 Å². The number of carbonyl (C=O) groups is 1. The highest BCUT2D eigenvalue weighted by Gasteiger charge is 2.48. The maximum absolute atomic E-state index is 12.3. The third-order valence-corrected chi connectivity index (χ3v) is 3.80. The molecular formula is C11H13F3N4O2. The number of nitrogens with one attached hydrogen (secondary N) is 1. The summed E-state index contributed by atoms with van der Waals surface area (Å²) in [6, 6.07) is -0.305. The average molecular weight is 290 g/mol. The Kier molecular flexibility index (Phi) is 2.87. The van der Waals surface area contributed by atoms with Crippen molar-refractivity contribution in [1.82, 2.24) is 20.4 Å². The Morgan fingerprint density at radius 1 is 1.40 bits per heavy atom. The zero-order chi connectivity index (χ0) is 14.4. The molecule has 1 aromatic rings. The standard InChI is InChI=1S/C11H13F3N4O2/c12-11(13,14)8-16-7(20-17-8)5-15-9(19)18-4-3-10(6-18)1-2-10/h1-6H2,(H,15,19). The van der Waals surface area contributed by atoms with Gasteiger partial charge in [-0.3, -0.25) is 0 Å². The van der Waals surface area contributed by atoms with Gasteiger partial charge in [0.1, 0.15) is 0 Å². The van der Waals surface area contributed by atoms with E-state index in [1.807, 2.05) is 0 Å². The highest BCUT2D eigenvalue weighted by molar-refractivity contribution is 5.74. The SMILES string of the molecule is O=C(NCc1nc(C(F)(F)F)no1)N1CCC2(CC2)C1. The van der Waals surface area contributed by atoms with Crippen LogP contribution in [0.15, 0.2) is 4.52 Å². The number of aromatic nitrogens is 2. The molecule has 1 saturated heterocycles. The molecule has 0 unspecified atom stereocenters. The number of likely N-dealkylation sites (tertiary alicyclic amines) is 1. The Morgan fingerprint density at radius 2 is 2.15 bits per heavy atom. The van der Waals surface area contributed by atoms with Gasteiger partial charge < -0.3 is 14.7 Å². The van der Waals surface area contributed by atoms with Crippen LogP contribution in [0.25, 0.3) is 0 Å². The van der Waals surface area contributed by atoms with E-state index in [1.54, 1.807) is 4.90 Å². The fourth-order valence-corrected chi connectivity index (χ4v) is 2.40. The topological polar surface area (TPSA) is 71.3 Å². The highest BCUT2D eigenvalue weighted by atomic mass is 19.4. The average Bonchev–Trinajstić information content (AvgIpc) is 2.80. The van der Waals surface area contributed by atoms with Crippen LogP contribution in [-0.4, -0.2) is 34.2 Å². The smallest absolute Gasteiger partial charge is 0.337 e. The number of urea groups is 1. The lowest BCUT2D eigenvalue weighted by atomic mass is 10.1. The Morgan fingerprint density at radius 3 is 2.70 bits per heavy atom. The van der Waals surface area contributed by atoms with E-state index in [0.717, 1.165) is 25.8 Å². The molecule has 0 bridgehead atoms. The van der Waals surface area contributed by atoms with Crippen LogP contribution in [0.5, 0.6) is 0 Å². The molecule has 1 saturated carbocycles. The molecule has 2 fully saturated rings. The fraction of sp³-hybridized carbons (Fsp3) is 0.727. The normalized spacial score (nSPS) is 20.4. The Bertz CT molecular complexity index is 524. The number of rotatable bonds is 2. The number of hydrogen-bond acceptors (Lipinski definition) is 4. The van der Waals surface area contributed by atoms with E-state index in [2.05, 4.69) is 20.0 Å². The van der Waals surface area contributed by atoms with Gasteiger partial charge in [0.05, 0.1) is 6.54 Å². The maximum Gasteiger partial charge on any atom is 0.455 e. The minimum Gasteiger partial charge on any atom is -0.337 e. The zero-order valence-corrected chi connectivity index (χ0v) is 10.5. The second-order valence-corrected chi connectivity index (χ2v) is 5.34. The molecule has 2 heterocycles. The van der Waals surface area contributed by atoms with E-state index in [4.69, 9.17) is 0 Å².